The van der Waals surface area contributed by atoms with E-state index in [2.05, 4.69) is 0 Å². The van der Waals surface area contributed by atoms with Gasteiger partial charge in [0.15, 0.2) is 0 Å². The van der Waals surface area contributed by atoms with Crippen molar-refractivity contribution in [3.63, 3.8) is 0 Å². The van der Waals surface area contributed by atoms with Crippen molar-refractivity contribution in [2.75, 3.05) is 6.54 Å². The molecule has 0 aromatic heterocycles. The van der Waals surface area contributed by atoms with E-state index >= 15 is 0 Å². The van der Waals surface area contributed by atoms with Gasteiger partial charge in [0.25, 0.3) is 0 Å². The van der Waals surface area contributed by atoms with Crippen LogP contribution in [0.15, 0.2) is 30.3 Å². The average molecular weight is 231 g/mol. The summed E-state index contributed by atoms with van der Waals surface area (Å²) in [5.41, 5.74) is 7.02. The molecular weight excluding hydrogens is 210 g/mol. The van der Waals surface area contributed by atoms with Crippen LogP contribution in [0.4, 0.5) is 0 Å². The van der Waals surface area contributed by atoms with E-state index in [9.17, 15) is 5.11 Å². The minimum absolute atomic E-state index is 0.0513. The Hall–Kier alpha value is -0.860. The molecule has 4 unspecified atom stereocenters. The lowest BCUT2D eigenvalue weighted by atomic mass is 9.67. The predicted molar refractivity (Wildman–Crippen MR) is 68.3 cm³/mol. The quantitative estimate of drug-likeness (QED) is 0.839. The summed E-state index contributed by atoms with van der Waals surface area (Å²) in [7, 11) is 0. The number of aliphatic hydroxyl groups excluding tert-OH is 1. The summed E-state index contributed by atoms with van der Waals surface area (Å²) in [6, 6.07) is 10.0. The molecule has 17 heavy (non-hydrogen) atoms. The van der Waals surface area contributed by atoms with Crippen molar-refractivity contribution in [3.8, 4) is 0 Å². The Balaban J connectivity index is 1.91. The third-order valence-electron chi connectivity index (χ3n) is 5.06. The van der Waals surface area contributed by atoms with Crippen molar-refractivity contribution in [2.45, 2.75) is 31.8 Å². The average Bonchev–Trinajstić information content (AvgIpc) is 2.99. The van der Waals surface area contributed by atoms with E-state index in [1.54, 1.807) is 0 Å². The van der Waals surface area contributed by atoms with Crippen molar-refractivity contribution in [1.29, 1.82) is 0 Å². The zero-order valence-electron chi connectivity index (χ0n) is 10.2. The smallest absolute Gasteiger partial charge is 0.0861 e. The molecule has 4 atom stereocenters. The van der Waals surface area contributed by atoms with Gasteiger partial charge < -0.3 is 10.8 Å². The molecule has 2 nitrogen and oxygen atoms in total. The zero-order valence-corrected chi connectivity index (χ0v) is 10.2. The van der Waals surface area contributed by atoms with Gasteiger partial charge >= 0.3 is 0 Å². The third-order valence-corrected chi connectivity index (χ3v) is 5.06. The lowest BCUT2D eigenvalue weighted by molar-refractivity contribution is -0.0130. The number of aliphatic hydroxyl groups is 1. The van der Waals surface area contributed by atoms with E-state index in [1.807, 2.05) is 30.3 Å². The number of hydrogen-bond donors (Lipinski definition) is 2. The molecule has 92 valence electrons. The van der Waals surface area contributed by atoms with E-state index in [1.165, 1.54) is 19.3 Å². The van der Waals surface area contributed by atoms with E-state index in [0.29, 0.717) is 12.5 Å². The van der Waals surface area contributed by atoms with Crippen LogP contribution >= 0.6 is 0 Å². The lowest BCUT2D eigenvalue weighted by Crippen LogP contribution is -2.41. The molecule has 0 amide bonds. The summed E-state index contributed by atoms with van der Waals surface area (Å²) in [4.78, 5) is 0. The van der Waals surface area contributed by atoms with Gasteiger partial charge in [0, 0.05) is 12.0 Å². The van der Waals surface area contributed by atoms with Gasteiger partial charge in [-0.25, -0.2) is 0 Å². The van der Waals surface area contributed by atoms with Gasteiger partial charge in [0.05, 0.1) is 6.10 Å². The standard InChI is InChI=1S/C15H21NO/c16-10-15(9-11-6-7-13(15)8-11)14(17)12-4-2-1-3-5-12/h1-5,11,13-14,17H,6-10,16H2. The highest BCUT2D eigenvalue weighted by Crippen LogP contribution is 2.60. The second kappa shape index (κ2) is 4.11. The topological polar surface area (TPSA) is 46.2 Å². The first-order chi connectivity index (χ1) is 8.26. The van der Waals surface area contributed by atoms with Crippen LogP contribution in [0.25, 0.3) is 0 Å². The highest BCUT2D eigenvalue weighted by molar-refractivity contribution is 5.22. The summed E-state index contributed by atoms with van der Waals surface area (Å²) in [6.07, 6.45) is 4.61. The fourth-order valence-corrected chi connectivity index (χ4v) is 4.15. The van der Waals surface area contributed by atoms with Gasteiger partial charge in [-0.05, 0) is 36.7 Å². The minimum Gasteiger partial charge on any atom is -0.388 e. The second-order valence-corrected chi connectivity index (χ2v) is 5.83. The van der Waals surface area contributed by atoms with E-state index in [-0.39, 0.29) is 11.5 Å². The maximum atomic E-state index is 10.7. The third kappa shape index (κ3) is 1.62. The SMILES string of the molecule is NCC1(C(O)c2ccccc2)CC2CCC1C2. The van der Waals surface area contributed by atoms with Crippen LogP contribution in [0.2, 0.25) is 0 Å². The molecule has 2 aliphatic carbocycles. The van der Waals surface area contributed by atoms with Gasteiger partial charge in [-0.2, -0.15) is 0 Å². The molecule has 0 radical (unpaired) electrons. The van der Waals surface area contributed by atoms with E-state index in [4.69, 9.17) is 5.73 Å². The van der Waals surface area contributed by atoms with Gasteiger partial charge in [0.2, 0.25) is 0 Å². The molecule has 3 rings (SSSR count). The highest BCUT2D eigenvalue weighted by atomic mass is 16.3. The Morgan fingerprint density at radius 3 is 2.59 bits per heavy atom. The van der Waals surface area contributed by atoms with Crippen LogP contribution in [-0.4, -0.2) is 11.7 Å². The number of nitrogens with two attached hydrogens (primary N) is 1. The van der Waals surface area contributed by atoms with Crippen molar-refractivity contribution in [3.05, 3.63) is 35.9 Å². The van der Waals surface area contributed by atoms with Crippen LogP contribution in [0, 0.1) is 17.3 Å². The molecule has 2 saturated carbocycles. The molecule has 2 aliphatic rings. The Morgan fingerprint density at radius 2 is 2.06 bits per heavy atom. The Bertz CT molecular complexity index is 391. The fourth-order valence-electron chi connectivity index (χ4n) is 4.15. The maximum absolute atomic E-state index is 10.7. The monoisotopic (exact) mass is 231 g/mol. The fraction of sp³-hybridized carbons (Fsp3) is 0.600. The van der Waals surface area contributed by atoms with E-state index in [0.717, 1.165) is 17.9 Å². The Labute approximate surface area is 103 Å². The molecular formula is C15H21NO. The summed E-state index contributed by atoms with van der Waals surface area (Å²) < 4.78 is 0. The van der Waals surface area contributed by atoms with Crippen LogP contribution in [0.1, 0.15) is 37.4 Å². The van der Waals surface area contributed by atoms with Crippen LogP contribution in [0.3, 0.4) is 0 Å². The Morgan fingerprint density at radius 1 is 1.29 bits per heavy atom. The first-order valence-electron chi connectivity index (χ1n) is 6.69. The number of rotatable bonds is 3. The molecule has 0 aliphatic heterocycles. The van der Waals surface area contributed by atoms with Gasteiger partial charge in [-0.1, -0.05) is 36.8 Å². The predicted octanol–water partition coefficient (Wildman–Crippen LogP) is 2.49. The summed E-state index contributed by atoms with van der Waals surface area (Å²) in [5, 5.41) is 10.7. The van der Waals surface area contributed by atoms with Crippen LogP contribution in [0.5, 0.6) is 0 Å². The summed E-state index contributed by atoms with van der Waals surface area (Å²) >= 11 is 0. The largest absolute Gasteiger partial charge is 0.388 e. The van der Waals surface area contributed by atoms with Crippen LogP contribution in [-0.2, 0) is 0 Å². The van der Waals surface area contributed by atoms with Crippen molar-refractivity contribution >= 4 is 0 Å². The van der Waals surface area contributed by atoms with Crippen molar-refractivity contribution in [1.82, 2.24) is 0 Å². The molecule has 2 fully saturated rings. The van der Waals surface area contributed by atoms with Gasteiger partial charge in [0.1, 0.15) is 0 Å². The highest BCUT2D eigenvalue weighted by Gasteiger charge is 2.54. The minimum atomic E-state index is -0.385. The van der Waals surface area contributed by atoms with Crippen LogP contribution < -0.4 is 5.73 Å². The summed E-state index contributed by atoms with van der Waals surface area (Å²) in [5.74, 6) is 1.44. The normalized spacial score (nSPS) is 37.3. The molecule has 2 bridgehead atoms. The van der Waals surface area contributed by atoms with Crippen molar-refractivity contribution in [2.24, 2.45) is 23.0 Å². The first-order valence-corrected chi connectivity index (χ1v) is 6.69. The van der Waals surface area contributed by atoms with E-state index < -0.39 is 0 Å². The molecule has 0 heterocycles. The number of fused-ring (bicyclic) bond motifs is 2. The number of hydrogen-bond acceptors (Lipinski definition) is 2. The lowest BCUT2D eigenvalue weighted by Gasteiger charge is -2.41. The zero-order chi connectivity index (χ0) is 11.9. The number of benzene rings is 1. The van der Waals surface area contributed by atoms with Gasteiger partial charge in [-0.15, -0.1) is 0 Å². The first kappa shape index (κ1) is 11.2. The Kier molecular flexibility index (Phi) is 2.72. The second-order valence-electron chi connectivity index (χ2n) is 5.83. The molecule has 2 heteroatoms. The van der Waals surface area contributed by atoms with Crippen molar-refractivity contribution < 1.29 is 5.11 Å². The summed E-state index contributed by atoms with van der Waals surface area (Å²) in [6.45, 7) is 0.615. The maximum Gasteiger partial charge on any atom is 0.0861 e. The molecule has 0 saturated heterocycles. The molecule has 0 spiro atoms. The molecule has 1 aromatic rings. The molecule has 3 N–H and O–H groups in total. The van der Waals surface area contributed by atoms with Gasteiger partial charge in [-0.3, -0.25) is 0 Å². The molecule has 1 aromatic carbocycles.